The molecule has 110 valence electrons. The molecule has 0 spiro atoms. The Morgan fingerprint density at radius 1 is 1.60 bits per heavy atom. The van der Waals surface area contributed by atoms with Gasteiger partial charge >= 0.3 is 0 Å². The molecule has 7 heteroatoms. The topological polar surface area (TPSA) is 108 Å². The fourth-order valence-electron chi connectivity index (χ4n) is 1.85. The van der Waals surface area contributed by atoms with Gasteiger partial charge in [-0.2, -0.15) is 5.26 Å². The molecular weight excluding hydrogens is 260 g/mol. The van der Waals surface area contributed by atoms with E-state index in [0.29, 0.717) is 13.2 Å². The Labute approximate surface area is 118 Å². The molecule has 1 unspecified atom stereocenters. The van der Waals surface area contributed by atoms with Crippen molar-refractivity contribution in [2.24, 2.45) is 5.73 Å². The molecule has 0 bridgehead atoms. The van der Waals surface area contributed by atoms with Crippen LogP contribution in [0.15, 0.2) is 11.8 Å². The number of nitriles is 1. The molecule has 0 aromatic carbocycles. The lowest BCUT2D eigenvalue weighted by Gasteiger charge is -2.16. The van der Waals surface area contributed by atoms with E-state index in [4.69, 9.17) is 15.7 Å². The summed E-state index contributed by atoms with van der Waals surface area (Å²) in [5.41, 5.74) is 5.26. The summed E-state index contributed by atoms with van der Waals surface area (Å²) in [5.74, 6) is -0.776. The molecule has 1 aliphatic rings. The van der Waals surface area contributed by atoms with Crippen LogP contribution >= 0.6 is 0 Å². The van der Waals surface area contributed by atoms with Crippen molar-refractivity contribution in [1.29, 1.82) is 5.26 Å². The van der Waals surface area contributed by atoms with Crippen molar-refractivity contribution in [3.05, 3.63) is 11.8 Å². The van der Waals surface area contributed by atoms with Gasteiger partial charge in [-0.05, 0) is 12.8 Å². The van der Waals surface area contributed by atoms with E-state index in [0.717, 1.165) is 12.8 Å². The summed E-state index contributed by atoms with van der Waals surface area (Å²) in [5, 5.41) is 11.6. The van der Waals surface area contributed by atoms with E-state index in [1.807, 2.05) is 0 Å². The maximum absolute atomic E-state index is 11.9. The van der Waals surface area contributed by atoms with Gasteiger partial charge in [0.15, 0.2) is 0 Å². The third kappa shape index (κ3) is 4.99. The highest BCUT2D eigenvalue weighted by Gasteiger charge is 2.18. The fourth-order valence-corrected chi connectivity index (χ4v) is 1.85. The summed E-state index contributed by atoms with van der Waals surface area (Å²) < 4.78 is 5.38. The van der Waals surface area contributed by atoms with E-state index in [1.165, 1.54) is 18.0 Å². The minimum atomic E-state index is -0.508. The van der Waals surface area contributed by atoms with E-state index >= 15 is 0 Å². The van der Waals surface area contributed by atoms with Crippen LogP contribution in [0, 0.1) is 11.3 Å². The average molecular weight is 280 g/mol. The normalized spacial score (nSPS) is 18.4. The first-order valence-electron chi connectivity index (χ1n) is 6.57. The van der Waals surface area contributed by atoms with Gasteiger partial charge in [0, 0.05) is 39.4 Å². The number of carbonyl (C=O) groups excluding carboxylic acids is 2. The van der Waals surface area contributed by atoms with Crippen LogP contribution in [0.5, 0.6) is 0 Å². The summed E-state index contributed by atoms with van der Waals surface area (Å²) in [6, 6.07) is 1.79. The van der Waals surface area contributed by atoms with Crippen LogP contribution in [-0.4, -0.2) is 49.1 Å². The number of nitrogens with zero attached hydrogens (tertiary/aromatic N) is 2. The van der Waals surface area contributed by atoms with Crippen molar-refractivity contribution in [1.82, 2.24) is 10.2 Å². The molecule has 1 atom stereocenters. The number of hydrogen-bond donors (Lipinski definition) is 2. The SMILES string of the molecule is CC(=O)N(/C=C(/C#N)C(=O)NCC1CCCO1)CCN. The number of ether oxygens (including phenoxy) is 1. The van der Waals surface area contributed by atoms with Crippen molar-refractivity contribution in [3.8, 4) is 6.07 Å². The Kier molecular flexibility index (Phi) is 6.70. The smallest absolute Gasteiger partial charge is 0.263 e. The van der Waals surface area contributed by atoms with Crippen molar-refractivity contribution in [2.45, 2.75) is 25.9 Å². The standard InChI is InChI=1S/C13H20N4O3/c1-10(18)17(5-4-14)9-11(7-15)13(19)16-8-12-3-2-6-20-12/h9,12H,2-6,8,14H2,1H3,(H,16,19)/b11-9-. The summed E-state index contributed by atoms with van der Waals surface area (Å²) >= 11 is 0. The van der Waals surface area contributed by atoms with E-state index in [1.54, 1.807) is 6.07 Å². The molecule has 0 aliphatic carbocycles. The van der Waals surface area contributed by atoms with Crippen LogP contribution in [0.3, 0.4) is 0 Å². The molecule has 0 radical (unpaired) electrons. The molecule has 0 saturated carbocycles. The molecule has 1 saturated heterocycles. The molecule has 7 nitrogen and oxygen atoms in total. The van der Waals surface area contributed by atoms with E-state index in [9.17, 15) is 9.59 Å². The van der Waals surface area contributed by atoms with Gasteiger partial charge in [-0.25, -0.2) is 0 Å². The van der Waals surface area contributed by atoms with E-state index in [2.05, 4.69) is 5.32 Å². The lowest BCUT2D eigenvalue weighted by molar-refractivity contribution is -0.126. The number of amides is 2. The van der Waals surface area contributed by atoms with Gasteiger partial charge in [0.2, 0.25) is 5.91 Å². The molecule has 1 rings (SSSR count). The molecule has 1 heterocycles. The van der Waals surface area contributed by atoms with Gasteiger partial charge in [-0.15, -0.1) is 0 Å². The maximum Gasteiger partial charge on any atom is 0.263 e. The van der Waals surface area contributed by atoms with Crippen LogP contribution in [0.1, 0.15) is 19.8 Å². The van der Waals surface area contributed by atoms with Crippen molar-refractivity contribution in [2.75, 3.05) is 26.2 Å². The second-order valence-electron chi connectivity index (χ2n) is 4.50. The van der Waals surface area contributed by atoms with Crippen molar-refractivity contribution < 1.29 is 14.3 Å². The van der Waals surface area contributed by atoms with Crippen molar-refractivity contribution in [3.63, 3.8) is 0 Å². The largest absolute Gasteiger partial charge is 0.376 e. The quantitative estimate of drug-likeness (QED) is 0.503. The van der Waals surface area contributed by atoms with Gasteiger partial charge in [0.05, 0.1) is 6.10 Å². The Hall–Kier alpha value is -1.91. The second-order valence-corrected chi connectivity index (χ2v) is 4.50. The van der Waals surface area contributed by atoms with Gasteiger partial charge < -0.3 is 20.7 Å². The highest BCUT2D eigenvalue weighted by Crippen LogP contribution is 2.10. The van der Waals surface area contributed by atoms with Crippen LogP contribution in [-0.2, 0) is 14.3 Å². The number of rotatable bonds is 6. The lowest BCUT2D eigenvalue weighted by Crippen LogP contribution is -2.34. The second kappa shape index (κ2) is 8.30. The minimum Gasteiger partial charge on any atom is -0.376 e. The molecule has 0 aromatic heterocycles. The van der Waals surface area contributed by atoms with Gasteiger partial charge in [-0.3, -0.25) is 9.59 Å². The summed E-state index contributed by atoms with van der Waals surface area (Å²) in [6.45, 7) is 2.95. The zero-order valence-corrected chi connectivity index (χ0v) is 11.6. The minimum absolute atomic E-state index is 0.00634. The predicted molar refractivity (Wildman–Crippen MR) is 72.1 cm³/mol. The summed E-state index contributed by atoms with van der Waals surface area (Å²) in [7, 11) is 0. The molecule has 20 heavy (non-hydrogen) atoms. The van der Waals surface area contributed by atoms with E-state index < -0.39 is 5.91 Å². The first-order chi connectivity index (χ1) is 9.58. The monoisotopic (exact) mass is 280 g/mol. The zero-order valence-electron chi connectivity index (χ0n) is 11.6. The summed E-state index contributed by atoms with van der Waals surface area (Å²) in [4.78, 5) is 24.5. The van der Waals surface area contributed by atoms with Crippen LogP contribution < -0.4 is 11.1 Å². The van der Waals surface area contributed by atoms with Crippen LogP contribution in [0.4, 0.5) is 0 Å². The van der Waals surface area contributed by atoms with Crippen LogP contribution in [0.25, 0.3) is 0 Å². The van der Waals surface area contributed by atoms with Crippen LogP contribution in [0.2, 0.25) is 0 Å². The number of nitrogens with one attached hydrogen (secondary N) is 1. The number of nitrogens with two attached hydrogens (primary N) is 1. The lowest BCUT2D eigenvalue weighted by atomic mass is 10.2. The predicted octanol–water partition coefficient (Wildman–Crippen LogP) is -0.504. The van der Waals surface area contributed by atoms with Gasteiger partial charge in [0.25, 0.3) is 5.91 Å². The molecule has 1 aliphatic heterocycles. The fraction of sp³-hybridized carbons (Fsp3) is 0.615. The molecule has 3 N–H and O–H groups in total. The molecule has 0 aromatic rings. The summed E-state index contributed by atoms with van der Waals surface area (Å²) in [6.07, 6.45) is 3.13. The van der Waals surface area contributed by atoms with E-state index in [-0.39, 0.29) is 30.7 Å². The third-order valence-electron chi connectivity index (χ3n) is 2.94. The Bertz CT molecular complexity index is 422. The maximum atomic E-state index is 11.9. The Morgan fingerprint density at radius 3 is 2.85 bits per heavy atom. The molecule has 1 fully saturated rings. The van der Waals surface area contributed by atoms with Crippen molar-refractivity contribution >= 4 is 11.8 Å². The van der Waals surface area contributed by atoms with Gasteiger partial charge in [-0.1, -0.05) is 0 Å². The molecule has 2 amide bonds. The van der Waals surface area contributed by atoms with Gasteiger partial charge in [0.1, 0.15) is 11.6 Å². The Morgan fingerprint density at radius 2 is 2.35 bits per heavy atom. The average Bonchev–Trinajstić information content (AvgIpc) is 2.93. The first-order valence-corrected chi connectivity index (χ1v) is 6.57. The third-order valence-corrected chi connectivity index (χ3v) is 2.94. The Balaban J connectivity index is 2.60. The number of hydrogen-bond acceptors (Lipinski definition) is 5. The zero-order chi connectivity index (χ0) is 15.0. The molecular formula is C13H20N4O3. The number of carbonyl (C=O) groups is 2. The first kappa shape index (κ1) is 16.1. The highest BCUT2D eigenvalue weighted by molar-refractivity contribution is 5.97. The highest BCUT2D eigenvalue weighted by atomic mass is 16.5.